The summed E-state index contributed by atoms with van der Waals surface area (Å²) in [5.74, 6) is -19.8. The molecular formula is C21H17F8NO4. The van der Waals surface area contributed by atoms with Gasteiger partial charge < -0.3 is 14.8 Å². The van der Waals surface area contributed by atoms with Crippen molar-refractivity contribution in [2.75, 3.05) is 0 Å². The van der Waals surface area contributed by atoms with Gasteiger partial charge in [0.1, 0.15) is 11.4 Å². The molecule has 0 heterocycles. The minimum absolute atomic E-state index is 0.211. The van der Waals surface area contributed by atoms with Crippen molar-refractivity contribution in [1.82, 2.24) is 5.32 Å². The lowest BCUT2D eigenvalue weighted by Gasteiger charge is -2.23. The Bertz CT molecular complexity index is 1090. The Morgan fingerprint density at radius 1 is 0.824 bits per heavy atom. The molecule has 0 bridgehead atoms. The van der Waals surface area contributed by atoms with Crippen molar-refractivity contribution in [1.29, 1.82) is 0 Å². The van der Waals surface area contributed by atoms with Crippen LogP contribution in [0.3, 0.4) is 0 Å². The molecule has 1 amide bonds. The van der Waals surface area contributed by atoms with Gasteiger partial charge in [-0.3, -0.25) is 4.79 Å². The zero-order valence-corrected chi connectivity index (χ0v) is 17.8. The maximum atomic E-state index is 14.0. The Labute approximate surface area is 187 Å². The van der Waals surface area contributed by atoms with E-state index in [1.807, 2.05) is 0 Å². The fourth-order valence-corrected chi connectivity index (χ4v) is 2.67. The monoisotopic (exact) mass is 499 g/mol. The molecule has 1 unspecified atom stereocenters. The number of esters is 1. The fraction of sp³-hybridized carbons (Fsp3) is 0.333. The Kier molecular flexibility index (Phi) is 8.11. The highest BCUT2D eigenvalue weighted by Gasteiger charge is 2.30. The molecule has 13 heteroatoms. The van der Waals surface area contributed by atoms with Gasteiger partial charge in [-0.1, -0.05) is 0 Å². The third-order valence-electron chi connectivity index (χ3n) is 4.07. The molecule has 2 rings (SSSR count). The number of nitrogens with one attached hydrogen (secondary N) is 1. The first-order valence-electron chi connectivity index (χ1n) is 9.45. The van der Waals surface area contributed by atoms with Crippen LogP contribution >= 0.6 is 0 Å². The van der Waals surface area contributed by atoms with E-state index in [0.29, 0.717) is 6.07 Å². The Hall–Kier alpha value is -3.38. The van der Waals surface area contributed by atoms with Gasteiger partial charge in [-0.2, -0.15) is 8.78 Å². The predicted octanol–water partition coefficient (Wildman–Crippen LogP) is 5.23. The van der Waals surface area contributed by atoms with Crippen LogP contribution in [0.4, 0.5) is 39.9 Å². The normalized spacial score (nSPS) is 12.3. The van der Waals surface area contributed by atoms with E-state index in [2.05, 4.69) is 10.1 Å². The predicted molar refractivity (Wildman–Crippen MR) is 99.7 cm³/mol. The highest BCUT2D eigenvalue weighted by atomic mass is 19.2. The van der Waals surface area contributed by atoms with Crippen LogP contribution in [0.5, 0.6) is 5.75 Å². The van der Waals surface area contributed by atoms with E-state index in [0.717, 1.165) is 0 Å². The maximum Gasteiger partial charge on any atom is 0.407 e. The molecule has 0 radical (unpaired) electrons. The second kappa shape index (κ2) is 10.3. The zero-order valence-electron chi connectivity index (χ0n) is 17.8. The molecule has 0 aliphatic rings. The smallest absolute Gasteiger partial charge is 0.407 e. The molecule has 0 aliphatic carbocycles. The highest BCUT2D eigenvalue weighted by molar-refractivity contribution is 5.75. The number of hydrogen-bond donors (Lipinski definition) is 1. The van der Waals surface area contributed by atoms with Crippen molar-refractivity contribution in [3.05, 3.63) is 64.2 Å². The molecule has 0 saturated heterocycles. The van der Waals surface area contributed by atoms with E-state index in [9.17, 15) is 44.7 Å². The average molecular weight is 499 g/mol. The minimum atomic E-state index is -2.48. The molecule has 186 valence electrons. The summed E-state index contributed by atoms with van der Waals surface area (Å²) in [4.78, 5) is 24.2. The van der Waals surface area contributed by atoms with E-state index in [4.69, 9.17) is 4.74 Å². The number of ether oxygens (including phenoxy) is 2. The van der Waals surface area contributed by atoms with Crippen LogP contribution in [0.2, 0.25) is 0 Å². The molecule has 1 atom stereocenters. The molecule has 0 aromatic heterocycles. The zero-order chi connectivity index (χ0) is 26.0. The number of alkyl carbamates (subject to hydrolysis) is 1. The lowest BCUT2D eigenvalue weighted by Crippen LogP contribution is -2.42. The number of halogens is 8. The van der Waals surface area contributed by atoms with Crippen LogP contribution < -0.4 is 10.1 Å². The van der Waals surface area contributed by atoms with Gasteiger partial charge in [-0.15, -0.1) is 0 Å². The van der Waals surface area contributed by atoms with Gasteiger partial charge in [0.2, 0.25) is 34.8 Å². The topological polar surface area (TPSA) is 64.6 Å². The molecular weight excluding hydrogens is 482 g/mol. The lowest BCUT2D eigenvalue weighted by molar-refractivity contribution is -0.135. The SMILES string of the molecule is CC(C)(C)OC(=O)NC(CC(=O)Oc1c(F)c(F)c(F)c(F)c1F)Cc1cc(F)c(F)cc1F. The van der Waals surface area contributed by atoms with Crippen LogP contribution in [-0.4, -0.2) is 23.7 Å². The number of rotatable bonds is 6. The van der Waals surface area contributed by atoms with Crippen molar-refractivity contribution in [3.8, 4) is 5.75 Å². The summed E-state index contributed by atoms with van der Waals surface area (Å²) in [7, 11) is 0. The maximum absolute atomic E-state index is 14.0. The standard InChI is InChI=1S/C21H17F8NO4/c1-21(2,3)34-20(32)30-9(4-8-5-11(23)12(24)7-10(8)22)6-13(31)33-19-17(28)15(26)14(25)16(27)18(19)29/h5,7,9H,4,6H2,1-3H3,(H,30,32). The van der Waals surface area contributed by atoms with Gasteiger partial charge in [0.15, 0.2) is 11.6 Å². The third-order valence-corrected chi connectivity index (χ3v) is 4.07. The molecule has 1 N–H and O–H groups in total. The molecule has 34 heavy (non-hydrogen) atoms. The summed E-state index contributed by atoms with van der Waals surface area (Å²) in [5.41, 5.74) is -1.54. The van der Waals surface area contributed by atoms with E-state index in [-0.39, 0.29) is 6.07 Å². The van der Waals surface area contributed by atoms with Crippen LogP contribution in [0.25, 0.3) is 0 Å². The van der Waals surface area contributed by atoms with Gasteiger partial charge in [0.25, 0.3) is 0 Å². The number of carbonyl (C=O) groups is 2. The van der Waals surface area contributed by atoms with Gasteiger partial charge in [0, 0.05) is 12.1 Å². The van der Waals surface area contributed by atoms with E-state index in [1.54, 1.807) is 0 Å². The number of amides is 1. The van der Waals surface area contributed by atoms with Crippen molar-refractivity contribution in [2.45, 2.75) is 45.3 Å². The van der Waals surface area contributed by atoms with Crippen LogP contribution in [0.1, 0.15) is 32.8 Å². The molecule has 0 saturated carbocycles. The Balaban J connectivity index is 2.30. The van der Waals surface area contributed by atoms with Crippen molar-refractivity contribution in [3.63, 3.8) is 0 Å². The summed E-state index contributed by atoms with van der Waals surface area (Å²) in [5, 5.41) is 2.12. The first-order valence-corrected chi connectivity index (χ1v) is 9.45. The highest BCUT2D eigenvalue weighted by Crippen LogP contribution is 2.29. The lowest BCUT2D eigenvalue weighted by atomic mass is 10.0. The Morgan fingerprint density at radius 2 is 1.32 bits per heavy atom. The van der Waals surface area contributed by atoms with Crippen molar-refractivity contribution < 1.29 is 54.2 Å². The summed E-state index contributed by atoms with van der Waals surface area (Å²) in [6.45, 7) is 4.44. The largest absolute Gasteiger partial charge is 0.444 e. The van der Waals surface area contributed by atoms with Crippen LogP contribution in [0.15, 0.2) is 12.1 Å². The first kappa shape index (κ1) is 26.9. The molecule has 0 fully saturated rings. The van der Waals surface area contributed by atoms with Crippen LogP contribution in [-0.2, 0) is 16.0 Å². The number of carbonyl (C=O) groups excluding carboxylic acids is 2. The van der Waals surface area contributed by atoms with E-state index >= 15 is 0 Å². The van der Waals surface area contributed by atoms with E-state index in [1.165, 1.54) is 20.8 Å². The third kappa shape index (κ3) is 6.58. The molecule has 2 aromatic carbocycles. The summed E-state index contributed by atoms with van der Waals surface area (Å²) in [6, 6.07) is -0.838. The fourth-order valence-electron chi connectivity index (χ4n) is 2.67. The Morgan fingerprint density at radius 3 is 1.85 bits per heavy atom. The first-order chi connectivity index (χ1) is 15.6. The molecule has 0 spiro atoms. The van der Waals surface area contributed by atoms with Gasteiger partial charge >= 0.3 is 12.1 Å². The minimum Gasteiger partial charge on any atom is -0.444 e. The second-order valence-electron chi connectivity index (χ2n) is 7.98. The van der Waals surface area contributed by atoms with Crippen molar-refractivity contribution in [2.24, 2.45) is 0 Å². The summed E-state index contributed by atoms with van der Waals surface area (Å²) < 4.78 is 117. The number of hydrogen-bond acceptors (Lipinski definition) is 4. The number of benzene rings is 2. The summed E-state index contributed by atoms with van der Waals surface area (Å²) in [6.07, 6.45) is -2.84. The quantitative estimate of drug-likeness (QED) is 0.194. The van der Waals surface area contributed by atoms with Gasteiger partial charge in [-0.05, 0) is 38.8 Å². The molecule has 2 aromatic rings. The van der Waals surface area contributed by atoms with E-state index < -0.39 is 94.4 Å². The second-order valence-corrected chi connectivity index (χ2v) is 7.98. The van der Waals surface area contributed by atoms with Crippen LogP contribution in [0, 0.1) is 46.5 Å². The molecule has 0 aliphatic heterocycles. The van der Waals surface area contributed by atoms with Gasteiger partial charge in [0.05, 0.1) is 6.42 Å². The van der Waals surface area contributed by atoms with Gasteiger partial charge in [-0.25, -0.2) is 31.1 Å². The average Bonchev–Trinajstić information content (AvgIpc) is 2.70. The van der Waals surface area contributed by atoms with Crippen molar-refractivity contribution >= 4 is 12.1 Å². The molecule has 5 nitrogen and oxygen atoms in total. The summed E-state index contributed by atoms with van der Waals surface area (Å²) >= 11 is 0.